The zero-order valence-electron chi connectivity index (χ0n) is 17.0. The Balaban J connectivity index is 1.37. The highest BCUT2D eigenvalue weighted by molar-refractivity contribution is 9.11. The van der Waals surface area contributed by atoms with Crippen LogP contribution in [0, 0.1) is 0 Å². The molecule has 0 spiro atoms. The number of likely N-dealkylation sites (tertiary alicyclic amines) is 2. The smallest absolute Gasteiger partial charge is 0.242 e. The maximum atomic E-state index is 12.9. The SMILES string of the molecule is O=C1[C@@H](NS(=O)(=O)C=Cc2ccc(Br)s2)CCCN1CC(=O)N1CCC[C@H]1c1nn[nH]n1. The maximum absolute atomic E-state index is 12.9. The third-order valence-electron chi connectivity index (χ3n) is 5.40. The van der Waals surface area contributed by atoms with E-state index in [-0.39, 0.29) is 18.5 Å². The predicted molar refractivity (Wildman–Crippen MR) is 121 cm³/mol. The third kappa shape index (κ3) is 5.42. The van der Waals surface area contributed by atoms with Gasteiger partial charge in [-0.2, -0.15) is 9.94 Å². The Morgan fingerprint density at radius 3 is 2.84 bits per heavy atom. The van der Waals surface area contributed by atoms with E-state index in [4.69, 9.17) is 0 Å². The number of tetrazole rings is 1. The van der Waals surface area contributed by atoms with Gasteiger partial charge in [0.05, 0.1) is 16.4 Å². The molecule has 2 N–H and O–H groups in total. The number of aromatic amines is 1. The number of nitrogens with zero attached hydrogens (tertiary/aromatic N) is 5. The molecule has 2 amide bonds. The van der Waals surface area contributed by atoms with Crippen molar-refractivity contribution in [1.82, 2.24) is 35.1 Å². The fraction of sp³-hybridized carbons (Fsp3) is 0.500. The summed E-state index contributed by atoms with van der Waals surface area (Å²) in [5.41, 5.74) is 0. The number of piperidine rings is 1. The summed E-state index contributed by atoms with van der Waals surface area (Å²) < 4.78 is 28.3. The van der Waals surface area contributed by atoms with E-state index < -0.39 is 22.0 Å². The van der Waals surface area contributed by atoms with Crippen molar-refractivity contribution in [3.05, 3.63) is 32.0 Å². The minimum absolute atomic E-state index is 0.107. The van der Waals surface area contributed by atoms with Crippen LogP contribution in [0.1, 0.15) is 42.4 Å². The molecule has 0 aromatic carbocycles. The highest BCUT2D eigenvalue weighted by Gasteiger charge is 2.36. The number of thiophene rings is 1. The van der Waals surface area contributed by atoms with Crippen LogP contribution in [-0.4, -0.2) is 76.3 Å². The summed E-state index contributed by atoms with van der Waals surface area (Å²) in [4.78, 5) is 29.7. The molecular weight excluding hydrogens is 522 g/mol. The van der Waals surface area contributed by atoms with E-state index in [1.54, 1.807) is 11.0 Å². The normalized spacial score (nSPS) is 22.2. The van der Waals surface area contributed by atoms with Crippen molar-refractivity contribution < 1.29 is 18.0 Å². The van der Waals surface area contributed by atoms with Crippen LogP contribution in [0.5, 0.6) is 0 Å². The van der Waals surface area contributed by atoms with Crippen LogP contribution in [0.15, 0.2) is 21.3 Å². The van der Waals surface area contributed by atoms with Crippen LogP contribution >= 0.6 is 27.3 Å². The lowest BCUT2D eigenvalue weighted by molar-refractivity contribution is -0.143. The van der Waals surface area contributed by atoms with Crippen molar-refractivity contribution in [1.29, 1.82) is 0 Å². The first kappa shape index (κ1) is 23.0. The number of sulfonamides is 1. The number of hydrogen-bond donors (Lipinski definition) is 2. The van der Waals surface area contributed by atoms with E-state index in [1.165, 1.54) is 22.3 Å². The Bertz CT molecular complexity index is 1100. The lowest BCUT2D eigenvalue weighted by atomic mass is 10.1. The first-order chi connectivity index (χ1) is 15.3. The first-order valence-electron chi connectivity index (χ1n) is 10.1. The summed E-state index contributed by atoms with van der Waals surface area (Å²) in [5.74, 6) is -0.149. The standard InChI is InChI=1S/C18H22BrN7O4S2/c19-15-6-5-12(31-15)7-10-32(29,30)22-13-3-1-8-25(18(13)28)11-16(27)26-9-2-4-14(26)17-20-23-24-21-17/h5-7,10,13-14,22H,1-4,8-9,11H2,(H,20,21,23,24)/t13-,14-/m0/s1. The quantitative estimate of drug-likeness (QED) is 0.535. The van der Waals surface area contributed by atoms with Gasteiger partial charge in [0.15, 0.2) is 5.82 Å². The molecule has 2 aromatic rings. The van der Waals surface area contributed by atoms with Crippen molar-refractivity contribution >= 4 is 55.2 Å². The van der Waals surface area contributed by atoms with E-state index >= 15 is 0 Å². The van der Waals surface area contributed by atoms with Gasteiger partial charge in [0.1, 0.15) is 6.04 Å². The highest BCUT2D eigenvalue weighted by atomic mass is 79.9. The molecule has 2 aliphatic heterocycles. The summed E-state index contributed by atoms with van der Waals surface area (Å²) >= 11 is 4.73. The van der Waals surface area contributed by atoms with Crippen molar-refractivity contribution in [2.24, 2.45) is 0 Å². The highest BCUT2D eigenvalue weighted by Crippen LogP contribution is 2.29. The Labute approximate surface area is 197 Å². The molecule has 2 atom stereocenters. The van der Waals surface area contributed by atoms with Gasteiger partial charge >= 0.3 is 0 Å². The van der Waals surface area contributed by atoms with Crippen LogP contribution in [-0.2, 0) is 19.6 Å². The molecule has 0 unspecified atom stereocenters. The zero-order valence-corrected chi connectivity index (χ0v) is 20.2. The summed E-state index contributed by atoms with van der Waals surface area (Å²) in [7, 11) is -3.82. The number of H-pyrrole nitrogens is 1. The number of halogens is 1. The first-order valence-corrected chi connectivity index (χ1v) is 13.3. The minimum Gasteiger partial charge on any atom is -0.332 e. The van der Waals surface area contributed by atoms with Crippen LogP contribution in [0.3, 0.4) is 0 Å². The van der Waals surface area contributed by atoms with Crippen molar-refractivity contribution in [3.63, 3.8) is 0 Å². The van der Waals surface area contributed by atoms with Crippen LogP contribution in [0.25, 0.3) is 6.08 Å². The fourth-order valence-corrected chi connectivity index (χ4v) is 6.35. The minimum atomic E-state index is -3.82. The summed E-state index contributed by atoms with van der Waals surface area (Å²) in [6.07, 6.45) is 4.01. The molecule has 0 saturated carbocycles. The number of aromatic nitrogens is 4. The second-order valence-electron chi connectivity index (χ2n) is 7.58. The average Bonchev–Trinajstić information content (AvgIpc) is 3.50. The number of carbonyl (C=O) groups is 2. The van der Waals surface area contributed by atoms with Gasteiger partial charge in [0, 0.05) is 23.4 Å². The molecule has 2 aromatic heterocycles. The van der Waals surface area contributed by atoms with Gasteiger partial charge in [0.2, 0.25) is 21.8 Å². The molecule has 32 heavy (non-hydrogen) atoms. The van der Waals surface area contributed by atoms with Gasteiger partial charge in [-0.25, -0.2) is 8.42 Å². The largest absolute Gasteiger partial charge is 0.332 e. The second-order valence-corrected chi connectivity index (χ2v) is 11.7. The number of nitrogens with one attached hydrogen (secondary N) is 2. The predicted octanol–water partition coefficient (Wildman–Crippen LogP) is 1.27. The Morgan fingerprint density at radius 2 is 2.12 bits per heavy atom. The second kappa shape index (κ2) is 9.77. The van der Waals surface area contributed by atoms with Gasteiger partial charge < -0.3 is 9.80 Å². The molecule has 2 fully saturated rings. The lowest BCUT2D eigenvalue weighted by Gasteiger charge is -2.33. The van der Waals surface area contributed by atoms with E-state index in [9.17, 15) is 18.0 Å². The fourth-order valence-electron chi connectivity index (χ4n) is 3.92. The molecule has 4 heterocycles. The average molecular weight is 544 g/mol. The zero-order chi connectivity index (χ0) is 22.7. The molecule has 11 nitrogen and oxygen atoms in total. The van der Waals surface area contributed by atoms with Crippen LogP contribution in [0.2, 0.25) is 0 Å². The van der Waals surface area contributed by atoms with Gasteiger partial charge in [-0.1, -0.05) is 5.21 Å². The van der Waals surface area contributed by atoms with Crippen molar-refractivity contribution in [2.45, 2.75) is 37.8 Å². The topological polar surface area (TPSA) is 141 Å². The number of amides is 2. The van der Waals surface area contributed by atoms with Gasteiger partial charge in [-0.05, 0) is 59.8 Å². The van der Waals surface area contributed by atoms with Crippen LogP contribution in [0.4, 0.5) is 0 Å². The lowest BCUT2D eigenvalue weighted by Crippen LogP contribution is -2.54. The summed E-state index contributed by atoms with van der Waals surface area (Å²) in [5, 5.41) is 15.0. The van der Waals surface area contributed by atoms with E-state index in [2.05, 4.69) is 41.3 Å². The molecule has 0 radical (unpaired) electrons. The molecule has 2 saturated heterocycles. The number of rotatable bonds is 7. The third-order valence-corrected chi connectivity index (χ3v) is 8.10. The number of hydrogen-bond acceptors (Lipinski definition) is 8. The number of carbonyl (C=O) groups excluding carboxylic acids is 2. The molecule has 14 heteroatoms. The molecule has 2 aliphatic rings. The molecular formula is C18H22BrN7O4S2. The van der Waals surface area contributed by atoms with Crippen molar-refractivity contribution in [3.8, 4) is 0 Å². The molecule has 0 aliphatic carbocycles. The van der Waals surface area contributed by atoms with E-state index in [0.29, 0.717) is 31.8 Å². The molecule has 4 rings (SSSR count). The monoisotopic (exact) mass is 543 g/mol. The van der Waals surface area contributed by atoms with E-state index in [0.717, 1.165) is 26.9 Å². The molecule has 0 bridgehead atoms. The van der Waals surface area contributed by atoms with Crippen molar-refractivity contribution in [2.75, 3.05) is 19.6 Å². The van der Waals surface area contributed by atoms with Gasteiger partial charge in [-0.15, -0.1) is 21.5 Å². The molecule has 172 valence electrons. The Morgan fingerprint density at radius 1 is 1.31 bits per heavy atom. The summed E-state index contributed by atoms with van der Waals surface area (Å²) in [6, 6.07) is 2.46. The van der Waals surface area contributed by atoms with Gasteiger partial charge in [-0.3, -0.25) is 9.59 Å². The van der Waals surface area contributed by atoms with Crippen LogP contribution < -0.4 is 4.72 Å². The summed E-state index contributed by atoms with van der Waals surface area (Å²) in [6.45, 7) is 0.854. The van der Waals surface area contributed by atoms with Gasteiger partial charge in [0.25, 0.3) is 0 Å². The maximum Gasteiger partial charge on any atom is 0.242 e. The Kier molecular flexibility index (Phi) is 7.02. The Hall–Kier alpha value is -2.16. The van der Waals surface area contributed by atoms with E-state index in [1.807, 2.05) is 6.07 Å².